The molecule has 22 heavy (non-hydrogen) atoms. The first-order valence-corrected chi connectivity index (χ1v) is 8.74. The molecular weight excluding hydrogens is 282 g/mol. The van der Waals surface area contributed by atoms with Gasteiger partial charge in [0.05, 0.1) is 6.10 Å². The van der Waals surface area contributed by atoms with Crippen LogP contribution in [0.4, 0.5) is 8.78 Å². The van der Waals surface area contributed by atoms with E-state index < -0.39 is 11.6 Å². The molecule has 0 N–H and O–H groups in total. The normalized spacial score (nSPS) is 30.7. The van der Waals surface area contributed by atoms with Crippen LogP contribution >= 0.6 is 0 Å². The Labute approximate surface area is 132 Å². The van der Waals surface area contributed by atoms with Gasteiger partial charge >= 0.3 is 0 Å². The summed E-state index contributed by atoms with van der Waals surface area (Å²) < 4.78 is 32.1. The van der Waals surface area contributed by atoms with Crippen molar-refractivity contribution in [1.82, 2.24) is 0 Å². The van der Waals surface area contributed by atoms with Gasteiger partial charge in [0.2, 0.25) is 0 Å². The van der Waals surface area contributed by atoms with Crippen molar-refractivity contribution in [2.24, 2.45) is 11.8 Å². The van der Waals surface area contributed by atoms with Crippen LogP contribution in [0, 0.1) is 23.5 Å². The van der Waals surface area contributed by atoms with Gasteiger partial charge in [-0.3, -0.25) is 0 Å². The van der Waals surface area contributed by atoms with Crippen molar-refractivity contribution in [2.75, 3.05) is 6.61 Å². The third kappa shape index (κ3) is 3.51. The molecule has 3 heteroatoms. The van der Waals surface area contributed by atoms with Crippen molar-refractivity contribution in [3.05, 3.63) is 35.4 Å². The van der Waals surface area contributed by atoms with Crippen LogP contribution in [0.1, 0.15) is 63.4 Å². The summed E-state index contributed by atoms with van der Waals surface area (Å²) in [4.78, 5) is 0. The van der Waals surface area contributed by atoms with Gasteiger partial charge in [-0.05, 0) is 67.6 Å². The maximum absolute atomic E-state index is 13.3. The Kier molecular flexibility index (Phi) is 5.12. The Morgan fingerprint density at radius 3 is 2.41 bits per heavy atom. The van der Waals surface area contributed by atoms with Gasteiger partial charge in [-0.1, -0.05) is 25.8 Å². The van der Waals surface area contributed by atoms with Crippen LogP contribution < -0.4 is 0 Å². The number of benzene rings is 1. The Balaban J connectivity index is 1.35. The van der Waals surface area contributed by atoms with Crippen molar-refractivity contribution >= 4 is 0 Å². The summed E-state index contributed by atoms with van der Waals surface area (Å²) in [6, 6.07) is 4.36. The molecule has 2 aliphatic rings. The highest BCUT2D eigenvalue weighted by Gasteiger charge is 2.42. The van der Waals surface area contributed by atoms with Crippen molar-refractivity contribution < 1.29 is 13.5 Å². The van der Waals surface area contributed by atoms with Gasteiger partial charge in [0.1, 0.15) is 0 Å². The first kappa shape index (κ1) is 15.9. The fourth-order valence-electron chi connectivity index (χ4n) is 3.81. The molecule has 2 fully saturated rings. The minimum absolute atomic E-state index is 0.421. The van der Waals surface area contributed by atoms with Crippen LogP contribution in [0.25, 0.3) is 0 Å². The zero-order valence-electron chi connectivity index (χ0n) is 13.4. The average Bonchev–Trinajstić information content (AvgIpc) is 2.41. The molecule has 122 valence electrons. The third-order valence-corrected chi connectivity index (χ3v) is 5.49. The summed E-state index contributed by atoms with van der Waals surface area (Å²) >= 11 is 0. The SMILES string of the molecule is CCCCCOC1CC(C2CC(c3ccc(F)c(F)c3)C2)C1. The lowest BCUT2D eigenvalue weighted by Crippen LogP contribution is -2.40. The molecule has 0 saturated heterocycles. The van der Waals surface area contributed by atoms with E-state index in [1.54, 1.807) is 6.07 Å². The largest absolute Gasteiger partial charge is 0.378 e. The van der Waals surface area contributed by atoms with Crippen LogP contribution in [0.15, 0.2) is 18.2 Å². The minimum Gasteiger partial charge on any atom is -0.378 e. The Bertz CT molecular complexity index is 490. The topological polar surface area (TPSA) is 9.23 Å². The van der Waals surface area contributed by atoms with E-state index in [4.69, 9.17) is 4.74 Å². The number of unbranched alkanes of at least 4 members (excludes halogenated alkanes) is 2. The number of hydrogen-bond donors (Lipinski definition) is 0. The Morgan fingerprint density at radius 1 is 1.00 bits per heavy atom. The highest BCUT2D eigenvalue weighted by atomic mass is 19.2. The molecule has 1 nitrogen and oxygen atoms in total. The Hall–Kier alpha value is -0.960. The number of ether oxygens (including phenoxy) is 1. The smallest absolute Gasteiger partial charge is 0.159 e. The summed E-state index contributed by atoms with van der Waals surface area (Å²) in [5, 5.41) is 0. The van der Waals surface area contributed by atoms with E-state index in [1.165, 1.54) is 44.2 Å². The predicted molar refractivity (Wildman–Crippen MR) is 83.8 cm³/mol. The number of hydrogen-bond acceptors (Lipinski definition) is 1. The summed E-state index contributed by atoms with van der Waals surface area (Å²) in [6.07, 6.45) is 8.79. The Morgan fingerprint density at radius 2 is 1.73 bits per heavy atom. The molecule has 0 heterocycles. The number of rotatable bonds is 7. The second-order valence-corrected chi connectivity index (χ2v) is 7.03. The molecular formula is C19H26F2O. The maximum atomic E-state index is 13.3. The summed E-state index contributed by atoms with van der Waals surface area (Å²) in [6.45, 7) is 3.12. The first-order chi connectivity index (χ1) is 10.7. The van der Waals surface area contributed by atoms with E-state index >= 15 is 0 Å². The van der Waals surface area contributed by atoms with Crippen LogP contribution in [-0.2, 0) is 4.74 Å². The molecule has 0 aliphatic heterocycles. The summed E-state index contributed by atoms with van der Waals surface area (Å²) in [7, 11) is 0. The fourth-order valence-corrected chi connectivity index (χ4v) is 3.81. The molecule has 0 spiro atoms. The highest BCUT2D eigenvalue weighted by molar-refractivity contribution is 5.24. The monoisotopic (exact) mass is 308 g/mol. The van der Waals surface area contributed by atoms with E-state index in [0.29, 0.717) is 12.0 Å². The second kappa shape index (κ2) is 7.08. The molecule has 1 aromatic rings. The highest BCUT2D eigenvalue weighted by Crippen LogP contribution is 2.51. The van der Waals surface area contributed by atoms with Crippen LogP contribution in [0.3, 0.4) is 0 Å². The predicted octanol–water partition coefficient (Wildman–Crippen LogP) is 5.44. The quantitative estimate of drug-likeness (QED) is 0.609. The maximum Gasteiger partial charge on any atom is 0.159 e. The lowest BCUT2D eigenvalue weighted by atomic mass is 9.60. The van der Waals surface area contributed by atoms with Gasteiger partial charge in [0.15, 0.2) is 11.6 Å². The second-order valence-electron chi connectivity index (χ2n) is 7.03. The standard InChI is InChI=1S/C19H26F2O/c1-2-3-4-7-22-17-10-16(11-17)15-8-14(9-15)13-5-6-18(20)19(21)12-13/h5-6,12,14-17H,2-4,7-11H2,1H3. The van der Waals surface area contributed by atoms with Crippen LogP contribution in [0.5, 0.6) is 0 Å². The van der Waals surface area contributed by atoms with Gasteiger partial charge in [0.25, 0.3) is 0 Å². The average molecular weight is 308 g/mol. The van der Waals surface area contributed by atoms with Gasteiger partial charge in [-0.25, -0.2) is 8.78 Å². The zero-order chi connectivity index (χ0) is 15.5. The van der Waals surface area contributed by atoms with Gasteiger partial charge in [0, 0.05) is 6.61 Å². The van der Waals surface area contributed by atoms with E-state index in [2.05, 4.69) is 6.92 Å². The van der Waals surface area contributed by atoms with E-state index in [0.717, 1.165) is 36.8 Å². The van der Waals surface area contributed by atoms with Crippen molar-refractivity contribution in [3.63, 3.8) is 0 Å². The summed E-state index contributed by atoms with van der Waals surface area (Å²) in [5.74, 6) is 0.503. The van der Waals surface area contributed by atoms with E-state index in [-0.39, 0.29) is 0 Å². The van der Waals surface area contributed by atoms with Crippen molar-refractivity contribution in [1.29, 1.82) is 0 Å². The van der Waals surface area contributed by atoms with Gasteiger partial charge in [-0.2, -0.15) is 0 Å². The third-order valence-electron chi connectivity index (χ3n) is 5.49. The molecule has 0 radical (unpaired) electrons. The van der Waals surface area contributed by atoms with Gasteiger partial charge < -0.3 is 4.74 Å². The molecule has 0 aromatic heterocycles. The summed E-state index contributed by atoms with van der Waals surface area (Å²) in [5.41, 5.74) is 0.960. The minimum atomic E-state index is -0.748. The fraction of sp³-hybridized carbons (Fsp3) is 0.684. The zero-order valence-corrected chi connectivity index (χ0v) is 13.4. The first-order valence-electron chi connectivity index (χ1n) is 8.74. The van der Waals surface area contributed by atoms with E-state index in [9.17, 15) is 8.78 Å². The van der Waals surface area contributed by atoms with Crippen molar-refractivity contribution in [2.45, 2.75) is 63.9 Å². The molecule has 0 bridgehead atoms. The molecule has 1 aromatic carbocycles. The lowest BCUT2D eigenvalue weighted by molar-refractivity contribution is -0.0628. The van der Waals surface area contributed by atoms with Gasteiger partial charge in [-0.15, -0.1) is 0 Å². The number of halogens is 2. The molecule has 0 unspecified atom stereocenters. The van der Waals surface area contributed by atoms with Crippen molar-refractivity contribution in [3.8, 4) is 0 Å². The molecule has 2 aliphatic carbocycles. The van der Waals surface area contributed by atoms with Crippen LogP contribution in [0.2, 0.25) is 0 Å². The molecule has 3 rings (SSSR count). The molecule has 0 atom stereocenters. The molecule has 2 saturated carbocycles. The lowest BCUT2D eigenvalue weighted by Gasteiger charge is -2.47. The van der Waals surface area contributed by atoms with E-state index in [1.807, 2.05) is 0 Å². The van der Waals surface area contributed by atoms with Crippen LogP contribution in [-0.4, -0.2) is 12.7 Å². The molecule has 0 amide bonds.